The molecule has 0 bridgehead atoms. The molecule has 8 heteroatoms. The number of nitrogens with one attached hydrogen (secondary N) is 1. The second-order valence-corrected chi connectivity index (χ2v) is 6.57. The summed E-state index contributed by atoms with van der Waals surface area (Å²) in [6.45, 7) is 0.591. The van der Waals surface area contributed by atoms with Crippen molar-refractivity contribution in [3.8, 4) is 11.5 Å². The monoisotopic (exact) mass is 415 g/mol. The van der Waals surface area contributed by atoms with Crippen LogP contribution in [0.2, 0.25) is 0 Å². The van der Waals surface area contributed by atoms with Crippen molar-refractivity contribution < 1.29 is 23.8 Å². The maximum atomic E-state index is 12.6. The van der Waals surface area contributed by atoms with Crippen molar-refractivity contribution in [2.24, 2.45) is 0 Å². The number of ether oxygens (including phenoxy) is 3. The molecule has 0 saturated heterocycles. The van der Waals surface area contributed by atoms with E-state index in [4.69, 9.17) is 9.47 Å². The number of hydrogen-bond acceptors (Lipinski definition) is 7. The molecule has 1 amide bonds. The van der Waals surface area contributed by atoms with E-state index in [0.717, 1.165) is 25.0 Å². The molecule has 8 nitrogen and oxygen atoms in total. The molecule has 1 aromatic carbocycles. The Hall–Kier alpha value is -3.13. The number of hydrazine groups is 1. The van der Waals surface area contributed by atoms with Gasteiger partial charge in [-0.05, 0) is 49.1 Å². The highest BCUT2D eigenvalue weighted by Gasteiger charge is 2.18. The lowest BCUT2D eigenvalue weighted by Crippen LogP contribution is -2.44. The van der Waals surface area contributed by atoms with E-state index in [1.54, 1.807) is 32.5 Å². The summed E-state index contributed by atoms with van der Waals surface area (Å²) in [4.78, 5) is 28.3. The molecule has 0 fully saturated rings. The number of esters is 1. The highest BCUT2D eigenvalue weighted by molar-refractivity contribution is 5.93. The standard InChI is InChI=1S/C22H29N3O5/c1-28-18-9-7-17(8-10-18)6-4-5-15-24-25(21(26)13-14-22(27)30-3)20-12-11-19(29-2)16-23-20/h7-12,16,24H,4-6,13-15H2,1-3H3. The highest BCUT2D eigenvalue weighted by Crippen LogP contribution is 2.16. The number of aromatic nitrogens is 1. The third kappa shape index (κ3) is 7.36. The van der Waals surface area contributed by atoms with E-state index in [2.05, 4.69) is 27.3 Å². The van der Waals surface area contributed by atoms with Gasteiger partial charge in [0.05, 0.1) is 33.9 Å². The Balaban J connectivity index is 1.89. The van der Waals surface area contributed by atoms with Gasteiger partial charge in [-0.3, -0.25) is 9.59 Å². The lowest BCUT2D eigenvalue weighted by atomic mass is 10.1. The van der Waals surface area contributed by atoms with Gasteiger partial charge >= 0.3 is 5.97 Å². The van der Waals surface area contributed by atoms with E-state index in [-0.39, 0.29) is 18.7 Å². The van der Waals surface area contributed by atoms with E-state index in [9.17, 15) is 9.59 Å². The number of benzene rings is 1. The van der Waals surface area contributed by atoms with E-state index in [0.29, 0.717) is 18.1 Å². The van der Waals surface area contributed by atoms with Gasteiger partial charge < -0.3 is 14.2 Å². The predicted octanol–water partition coefficient (Wildman–Crippen LogP) is 2.91. The van der Waals surface area contributed by atoms with Crippen LogP contribution in [0.4, 0.5) is 5.82 Å². The molecule has 0 aliphatic carbocycles. The fourth-order valence-corrected chi connectivity index (χ4v) is 2.78. The van der Waals surface area contributed by atoms with Gasteiger partial charge in [-0.25, -0.2) is 15.4 Å². The Labute approximate surface area is 177 Å². The van der Waals surface area contributed by atoms with Crippen LogP contribution in [0.3, 0.4) is 0 Å². The minimum atomic E-state index is -0.425. The van der Waals surface area contributed by atoms with Crippen LogP contribution < -0.4 is 19.9 Å². The summed E-state index contributed by atoms with van der Waals surface area (Å²) < 4.78 is 14.9. The highest BCUT2D eigenvalue weighted by atomic mass is 16.5. The summed E-state index contributed by atoms with van der Waals surface area (Å²) in [6.07, 6.45) is 4.34. The minimum absolute atomic E-state index is 0.0150. The molecule has 1 aromatic heterocycles. The van der Waals surface area contributed by atoms with Crippen LogP contribution in [-0.4, -0.2) is 44.7 Å². The number of aryl methyl sites for hydroxylation is 1. The van der Waals surface area contributed by atoms with Crippen molar-refractivity contribution in [3.05, 3.63) is 48.2 Å². The van der Waals surface area contributed by atoms with Crippen molar-refractivity contribution in [3.63, 3.8) is 0 Å². The summed E-state index contributed by atoms with van der Waals surface area (Å²) in [5, 5.41) is 1.38. The van der Waals surface area contributed by atoms with Gasteiger partial charge in [0, 0.05) is 13.0 Å². The number of carbonyl (C=O) groups is 2. The van der Waals surface area contributed by atoms with Crippen molar-refractivity contribution >= 4 is 17.7 Å². The summed E-state index contributed by atoms with van der Waals surface area (Å²) in [6, 6.07) is 11.4. The van der Waals surface area contributed by atoms with Gasteiger partial charge in [0.25, 0.3) is 0 Å². The molecule has 0 aliphatic rings. The van der Waals surface area contributed by atoms with E-state index in [1.165, 1.54) is 17.7 Å². The fourth-order valence-electron chi connectivity index (χ4n) is 2.78. The van der Waals surface area contributed by atoms with Crippen LogP contribution in [0.25, 0.3) is 0 Å². The average Bonchev–Trinajstić information content (AvgIpc) is 2.80. The van der Waals surface area contributed by atoms with Crippen LogP contribution in [0.5, 0.6) is 11.5 Å². The Morgan fingerprint density at radius 1 is 0.933 bits per heavy atom. The number of rotatable bonds is 12. The molecule has 2 aromatic rings. The smallest absolute Gasteiger partial charge is 0.306 e. The Morgan fingerprint density at radius 3 is 2.23 bits per heavy atom. The van der Waals surface area contributed by atoms with Crippen molar-refractivity contribution in [1.29, 1.82) is 0 Å². The number of hydrogen-bond donors (Lipinski definition) is 1. The first-order valence-electron chi connectivity index (χ1n) is 9.83. The number of unbranched alkanes of at least 4 members (excludes halogenated alkanes) is 1. The van der Waals surface area contributed by atoms with Gasteiger partial charge in [0.2, 0.25) is 5.91 Å². The zero-order valence-electron chi connectivity index (χ0n) is 17.7. The van der Waals surface area contributed by atoms with Crippen LogP contribution in [0.15, 0.2) is 42.6 Å². The van der Waals surface area contributed by atoms with Gasteiger partial charge in [-0.2, -0.15) is 0 Å². The van der Waals surface area contributed by atoms with E-state index in [1.807, 2.05) is 12.1 Å². The first-order valence-corrected chi connectivity index (χ1v) is 9.83. The number of anilines is 1. The third-order valence-electron chi connectivity index (χ3n) is 4.53. The molecule has 0 radical (unpaired) electrons. The van der Waals surface area contributed by atoms with E-state index >= 15 is 0 Å². The largest absolute Gasteiger partial charge is 0.497 e. The van der Waals surface area contributed by atoms with Crippen LogP contribution in [0.1, 0.15) is 31.2 Å². The number of nitrogens with zero attached hydrogens (tertiary/aromatic N) is 2. The summed E-state index contributed by atoms with van der Waals surface area (Å²) in [5.74, 6) is 1.20. The fraction of sp³-hybridized carbons (Fsp3) is 0.409. The lowest BCUT2D eigenvalue weighted by molar-refractivity contribution is -0.141. The third-order valence-corrected chi connectivity index (χ3v) is 4.53. The molecule has 162 valence electrons. The second kappa shape index (κ2) is 12.4. The molecule has 0 saturated carbocycles. The molecule has 0 spiro atoms. The maximum Gasteiger partial charge on any atom is 0.306 e. The van der Waals surface area contributed by atoms with Crippen molar-refractivity contribution in [1.82, 2.24) is 10.4 Å². The summed E-state index contributed by atoms with van der Waals surface area (Å²) in [7, 11) is 4.50. The molecular weight excluding hydrogens is 386 g/mol. The Bertz CT molecular complexity index is 793. The lowest BCUT2D eigenvalue weighted by Gasteiger charge is -2.22. The first-order chi connectivity index (χ1) is 14.6. The second-order valence-electron chi connectivity index (χ2n) is 6.57. The zero-order valence-corrected chi connectivity index (χ0v) is 17.7. The molecule has 0 atom stereocenters. The topological polar surface area (TPSA) is 90.0 Å². The van der Waals surface area contributed by atoms with Crippen LogP contribution in [-0.2, 0) is 20.7 Å². The summed E-state index contributed by atoms with van der Waals surface area (Å²) in [5.41, 5.74) is 4.36. The molecule has 2 rings (SSSR count). The summed E-state index contributed by atoms with van der Waals surface area (Å²) >= 11 is 0. The Morgan fingerprint density at radius 2 is 1.63 bits per heavy atom. The van der Waals surface area contributed by atoms with Gasteiger partial charge in [0.1, 0.15) is 17.3 Å². The van der Waals surface area contributed by atoms with Gasteiger partial charge in [0.15, 0.2) is 0 Å². The molecule has 1 N–H and O–H groups in total. The first kappa shape index (κ1) is 23.2. The zero-order chi connectivity index (χ0) is 21.8. The number of amides is 1. The molecular formula is C22H29N3O5. The molecule has 30 heavy (non-hydrogen) atoms. The number of methoxy groups -OCH3 is 3. The Kier molecular flexibility index (Phi) is 9.60. The normalized spacial score (nSPS) is 10.4. The van der Waals surface area contributed by atoms with Crippen LogP contribution in [0, 0.1) is 0 Å². The SMILES string of the molecule is COC(=O)CCC(=O)N(NCCCCc1ccc(OC)cc1)c1ccc(OC)cn1. The number of carbonyl (C=O) groups excluding carboxylic acids is 2. The predicted molar refractivity (Wildman–Crippen MR) is 113 cm³/mol. The molecule has 0 aliphatic heterocycles. The van der Waals surface area contributed by atoms with E-state index < -0.39 is 5.97 Å². The molecule has 1 heterocycles. The van der Waals surface area contributed by atoms with Crippen molar-refractivity contribution in [2.75, 3.05) is 32.9 Å². The number of pyridine rings is 1. The quantitative estimate of drug-likeness (QED) is 0.324. The molecule has 0 unspecified atom stereocenters. The average molecular weight is 415 g/mol. The maximum absolute atomic E-state index is 12.6. The van der Waals surface area contributed by atoms with Crippen LogP contribution >= 0.6 is 0 Å². The van der Waals surface area contributed by atoms with Crippen molar-refractivity contribution in [2.45, 2.75) is 32.1 Å². The van der Waals surface area contributed by atoms with Gasteiger partial charge in [-0.15, -0.1) is 0 Å². The minimum Gasteiger partial charge on any atom is -0.497 e. The van der Waals surface area contributed by atoms with Gasteiger partial charge in [-0.1, -0.05) is 12.1 Å².